The minimum Gasteiger partial charge on any atom is -0.468 e. The number of guanidine groups is 1. The first-order valence-corrected chi connectivity index (χ1v) is 10.1. The fraction of sp³-hybridized carbons (Fsp3) is 0.750. The minimum absolute atomic E-state index is 0.213. The first kappa shape index (κ1) is 20.8. The Morgan fingerprint density at radius 3 is 2.73 bits per heavy atom. The Balaban J connectivity index is 1.83. The first-order valence-electron chi connectivity index (χ1n) is 10.1. The third-order valence-corrected chi connectivity index (χ3v) is 4.60. The molecule has 0 amide bonds. The summed E-state index contributed by atoms with van der Waals surface area (Å²) >= 11 is 0. The van der Waals surface area contributed by atoms with Gasteiger partial charge in [0.15, 0.2) is 5.96 Å². The lowest BCUT2D eigenvalue weighted by molar-refractivity contribution is 0.128. The van der Waals surface area contributed by atoms with Crippen LogP contribution in [0.4, 0.5) is 0 Å². The fourth-order valence-electron chi connectivity index (χ4n) is 3.10. The number of hydrogen-bond acceptors (Lipinski definition) is 4. The van der Waals surface area contributed by atoms with Gasteiger partial charge in [0.05, 0.1) is 25.5 Å². The molecular formula is C20H36N4O2. The zero-order chi connectivity index (χ0) is 18.6. The molecule has 1 aliphatic rings. The number of rotatable bonds is 11. The van der Waals surface area contributed by atoms with Gasteiger partial charge in [0.1, 0.15) is 5.76 Å². The van der Waals surface area contributed by atoms with Gasteiger partial charge in [-0.2, -0.15) is 0 Å². The van der Waals surface area contributed by atoms with Gasteiger partial charge in [0.2, 0.25) is 0 Å². The van der Waals surface area contributed by atoms with E-state index in [2.05, 4.69) is 42.4 Å². The number of ether oxygens (including phenoxy) is 1. The van der Waals surface area contributed by atoms with E-state index in [1.807, 2.05) is 6.07 Å². The summed E-state index contributed by atoms with van der Waals surface area (Å²) in [5.41, 5.74) is 0. The highest BCUT2D eigenvalue weighted by molar-refractivity contribution is 5.79. The van der Waals surface area contributed by atoms with E-state index in [0.29, 0.717) is 19.1 Å². The third-order valence-electron chi connectivity index (χ3n) is 4.60. The summed E-state index contributed by atoms with van der Waals surface area (Å²) in [6.45, 7) is 12.6. The van der Waals surface area contributed by atoms with Crippen molar-refractivity contribution in [3.63, 3.8) is 0 Å². The van der Waals surface area contributed by atoms with E-state index in [1.165, 1.54) is 12.8 Å². The zero-order valence-corrected chi connectivity index (χ0v) is 16.7. The highest BCUT2D eigenvalue weighted by atomic mass is 16.5. The average molecular weight is 365 g/mol. The van der Waals surface area contributed by atoms with Gasteiger partial charge in [0, 0.05) is 19.7 Å². The van der Waals surface area contributed by atoms with Crippen LogP contribution in [0.1, 0.15) is 51.8 Å². The van der Waals surface area contributed by atoms with E-state index in [4.69, 9.17) is 14.1 Å². The molecule has 0 radical (unpaired) electrons. The molecule has 26 heavy (non-hydrogen) atoms. The summed E-state index contributed by atoms with van der Waals surface area (Å²) in [4.78, 5) is 7.27. The molecule has 1 saturated heterocycles. The van der Waals surface area contributed by atoms with Crippen LogP contribution in [0.5, 0.6) is 0 Å². The second-order valence-electron chi connectivity index (χ2n) is 7.22. The Morgan fingerprint density at radius 1 is 1.27 bits per heavy atom. The molecule has 1 atom stereocenters. The number of nitrogens with one attached hydrogen (secondary N) is 2. The number of furan rings is 1. The maximum Gasteiger partial charge on any atom is 0.191 e. The van der Waals surface area contributed by atoms with Crippen molar-refractivity contribution in [3.8, 4) is 0 Å². The molecule has 0 saturated carbocycles. The van der Waals surface area contributed by atoms with Crippen molar-refractivity contribution in [2.45, 2.75) is 46.1 Å². The van der Waals surface area contributed by atoms with Crippen LogP contribution >= 0.6 is 0 Å². The van der Waals surface area contributed by atoms with Crippen LogP contribution in [0, 0.1) is 5.92 Å². The average Bonchev–Trinajstić information content (AvgIpc) is 3.32. The third kappa shape index (κ3) is 7.38. The predicted molar refractivity (Wildman–Crippen MR) is 107 cm³/mol. The molecule has 0 aliphatic carbocycles. The number of nitrogens with zero attached hydrogens (tertiary/aromatic N) is 2. The van der Waals surface area contributed by atoms with Crippen LogP contribution in [0.25, 0.3) is 0 Å². The van der Waals surface area contributed by atoms with Gasteiger partial charge in [-0.3, -0.25) is 9.89 Å². The van der Waals surface area contributed by atoms with E-state index in [9.17, 15) is 0 Å². The molecular weight excluding hydrogens is 328 g/mol. The van der Waals surface area contributed by atoms with E-state index in [-0.39, 0.29) is 6.04 Å². The van der Waals surface area contributed by atoms with Crippen LogP contribution in [0.3, 0.4) is 0 Å². The van der Waals surface area contributed by atoms with Crippen molar-refractivity contribution in [1.82, 2.24) is 15.5 Å². The van der Waals surface area contributed by atoms with Gasteiger partial charge < -0.3 is 19.8 Å². The van der Waals surface area contributed by atoms with Gasteiger partial charge >= 0.3 is 0 Å². The van der Waals surface area contributed by atoms with Crippen LogP contribution in [0.2, 0.25) is 0 Å². The van der Waals surface area contributed by atoms with E-state index >= 15 is 0 Å². The Hall–Kier alpha value is -1.53. The van der Waals surface area contributed by atoms with Crippen molar-refractivity contribution in [1.29, 1.82) is 0 Å². The van der Waals surface area contributed by atoms with Crippen molar-refractivity contribution >= 4 is 5.96 Å². The molecule has 2 N–H and O–H groups in total. The van der Waals surface area contributed by atoms with Gasteiger partial charge in [-0.15, -0.1) is 0 Å². The summed E-state index contributed by atoms with van der Waals surface area (Å²) in [6.07, 6.45) is 5.37. The van der Waals surface area contributed by atoms with Crippen molar-refractivity contribution in [2.75, 3.05) is 45.9 Å². The lowest BCUT2D eigenvalue weighted by Crippen LogP contribution is -2.40. The van der Waals surface area contributed by atoms with Crippen molar-refractivity contribution in [2.24, 2.45) is 10.9 Å². The van der Waals surface area contributed by atoms with Crippen LogP contribution in [-0.4, -0.2) is 56.8 Å². The SMILES string of the molecule is CCNC(=NCC(c1ccco1)N1CCCC1)NCCOCCC(C)C. The monoisotopic (exact) mass is 364 g/mol. The predicted octanol–water partition coefficient (Wildman–Crippen LogP) is 3.03. The molecule has 1 aliphatic heterocycles. The van der Waals surface area contributed by atoms with E-state index < -0.39 is 0 Å². The molecule has 1 aromatic heterocycles. The van der Waals surface area contributed by atoms with Crippen LogP contribution in [0.15, 0.2) is 27.8 Å². The molecule has 1 aromatic rings. The van der Waals surface area contributed by atoms with E-state index in [0.717, 1.165) is 50.9 Å². The molecule has 0 spiro atoms. The normalized spacial score (nSPS) is 17.0. The summed E-state index contributed by atoms with van der Waals surface area (Å²) in [5, 5.41) is 6.68. The fourth-order valence-corrected chi connectivity index (χ4v) is 3.10. The molecule has 0 bridgehead atoms. The highest BCUT2D eigenvalue weighted by Crippen LogP contribution is 2.25. The molecule has 6 heteroatoms. The molecule has 1 fully saturated rings. The Bertz CT molecular complexity index is 496. The molecule has 1 unspecified atom stereocenters. The zero-order valence-electron chi connectivity index (χ0n) is 16.7. The van der Waals surface area contributed by atoms with Gasteiger partial charge in [-0.25, -0.2) is 0 Å². The van der Waals surface area contributed by atoms with Crippen molar-refractivity contribution in [3.05, 3.63) is 24.2 Å². The van der Waals surface area contributed by atoms with Crippen molar-refractivity contribution < 1.29 is 9.15 Å². The Kier molecular flexibility index (Phi) is 9.56. The second-order valence-corrected chi connectivity index (χ2v) is 7.22. The molecule has 148 valence electrons. The largest absolute Gasteiger partial charge is 0.468 e. The summed E-state index contributed by atoms with van der Waals surface area (Å²) in [6, 6.07) is 4.23. The van der Waals surface area contributed by atoms with E-state index in [1.54, 1.807) is 6.26 Å². The number of aliphatic imine (C=N–C) groups is 1. The lowest BCUT2D eigenvalue weighted by atomic mass is 10.1. The summed E-state index contributed by atoms with van der Waals surface area (Å²) in [5.74, 6) is 2.53. The Morgan fingerprint density at radius 2 is 2.08 bits per heavy atom. The summed E-state index contributed by atoms with van der Waals surface area (Å²) in [7, 11) is 0. The molecule has 2 heterocycles. The van der Waals surface area contributed by atoms with Crippen LogP contribution in [-0.2, 0) is 4.74 Å². The first-order chi connectivity index (χ1) is 12.7. The molecule has 2 rings (SSSR count). The minimum atomic E-state index is 0.213. The van der Waals surface area contributed by atoms with Crippen LogP contribution < -0.4 is 10.6 Å². The maximum atomic E-state index is 5.67. The number of likely N-dealkylation sites (tertiary alicyclic amines) is 1. The Labute approximate surface area is 158 Å². The summed E-state index contributed by atoms with van der Waals surface area (Å²) < 4.78 is 11.3. The van der Waals surface area contributed by atoms with Gasteiger partial charge in [-0.05, 0) is 57.3 Å². The van der Waals surface area contributed by atoms with Gasteiger partial charge in [0.25, 0.3) is 0 Å². The highest BCUT2D eigenvalue weighted by Gasteiger charge is 2.25. The maximum absolute atomic E-state index is 5.67. The topological polar surface area (TPSA) is 62.0 Å². The smallest absolute Gasteiger partial charge is 0.191 e. The standard InChI is InChI=1S/C20H36N4O2/c1-4-21-20(22-10-15-25-14-9-17(2)3)23-16-18(19-8-7-13-26-19)24-11-5-6-12-24/h7-8,13,17-18H,4-6,9-12,14-16H2,1-3H3,(H2,21,22,23). The lowest BCUT2D eigenvalue weighted by Gasteiger charge is -2.24. The van der Waals surface area contributed by atoms with Gasteiger partial charge in [-0.1, -0.05) is 13.8 Å². The quantitative estimate of drug-likeness (QED) is 0.359. The number of hydrogen-bond donors (Lipinski definition) is 2. The molecule has 0 aromatic carbocycles. The molecule has 6 nitrogen and oxygen atoms in total. The second kappa shape index (κ2) is 12.0.